The molecule has 0 N–H and O–H groups in total. The van der Waals surface area contributed by atoms with Gasteiger partial charge in [0.25, 0.3) is 0 Å². The van der Waals surface area contributed by atoms with E-state index in [0.29, 0.717) is 23.6 Å². The molecule has 0 bridgehead atoms. The van der Waals surface area contributed by atoms with Gasteiger partial charge >= 0.3 is 5.69 Å². The molecule has 108 valence electrons. The van der Waals surface area contributed by atoms with Crippen molar-refractivity contribution in [1.82, 2.24) is 0 Å². The highest BCUT2D eigenvalue weighted by Crippen LogP contribution is 2.44. The quantitative estimate of drug-likeness (QED) is 0.611. The molecular formula is C15H19FN2O2. The molecule has 2 aliphatic rings. The number of benzene rings is 1. The van der Waals surface area contributed by atoms with Crippen molar-refractivity contribution in [2.45, 2.75) is 38.6 Å². The Bertz CT molecular complexity index is 535. The van der Waals surface area contributed by atoms with Crippen LogP contribution in [-0.2, 0) is 0 Å². The first-order valence-electron chi connectivity index (χ1n) is 7.29. The minimum atomic E-state index is -0.737. The first-order valence-corrected chi connectivity index (χ1v) is 7.29. The van der Waals surface area contributed by atoms with Gasteiger partial charge in [-0.1, -0.05) is 25.8 Å². The monoisotopic (exact) mass is 278 g/mol. The van der Waals surface area contributed by atoms with E-state index in [1.54, 1.807) is 12.1 Å². The van der Waals surface area contributed by atoms with E-state index in [1.165, 1.54) is 18.9 Å². The Morgan fingerprint density at radius 2 is 2.10 bits per heavy atom. The van der Waals surface area contributed by atoms with Crippen molar-refractivity contribution in [2.75, 3.05) is 11.4 Å². The summed E-state index contributed by atoms with van der Waals surface area (Å²) in [5.41, 5.74) is 0.0853. The Balaban J connectivity index is 2.01. The minimum absolute atomic E-state index is 0.333. The maximum atomic E-state index is 13.8. The molecule has 1 saturated heterocycles. The predicted octanol–water partition coefficient (Wildman–Crippen LogP) is 3.75. The second kappa shape index (κ2) is 5.04. The first kappa shape index (κ1) is 13.3. The smallest absolute Gasteiger partial charge is 0.327 e. The highest BCUT2D eigenvalue weighted by atomic mass is 19.1. The summed E-state index contributed by atoms with van der Waals surface area (Å²) < 4.78 is 13.8. The average molecular weight is 278 g/mol. The van der Waals surface area contributed by atoms with Crippen LogP contribution in [0, 0.1) is 27.8 Å². The number of halogens is 1. The molecule has 2 fully saturated rings. The summed E-state index contributed by atoms with van der Waals surface area (Å²) in [4.78, 5) is 12.7. The summed E-state index contributed by atoms with van der Waals surface area (Å²) in [6.45, 7) is 2.99. The number of hydrogen-bond donors (Lipinski definition) is 0. The molecule has 0 radical (unpaired) electrons. The molecule has 0 aromatic heterocycles. The molecule has 1 aliphatic heterocycles. The minimum Gasteiger partial charge on any atom is -0.362 e. The largest absolute Gasteiger partial charge is 0.362 e. The zero-order valence-electron chi connectivity index (χ0n) is 11.6. The molecule has 3 atom stereocenters. The van der Waals surface area contributed by atoms with Crippen LogP contribution in [0.1, 0.15) is 32.6 Å². The van der Waals surface area contributed by atoms with Gasteiger partial charge in [0.15, 0.2) is 0 Å². The van der Waals surface area contributed by atoms with Gasteiger partial charge in [-0.25, -0.2) is 0 Å². The third kappa shape index (κ3) is 2.05. The zero-order valence-corrected chi connectivity index (χ0v) is 11.6. The summed E-state index contributed by atoms with van der Waals surface area (Å²) in [6, 6.07) is 4.75. The van der Waals surface area contributed by atoms with Gasteiger partial charge in [0.05, 0.1) is 4.92 Å². The van der Waals surface area contributed by atoms with Gasteiger partial charge in [-0.05, 0) is 36.8 Å². The van der Waals surface area contributed by atoms with Gasteiger partial charge in [0.2, 0.25) is 5.82 Å². The molecule has 1 aliphatic carbocycles. The molecule has 1 aromatic rings. The zero-order chi connectivity index (χ0) is 14.3. The Morgan fingerprint density at radius 1 is 1.35 bits per heavy atom. The second-order valence-corrected chi connectivity index (χ2v) is 6.01. The van der Waals surface area contributed by atoms with E-state index in [1.807, 2.05) is 0 Å². The standard InChI is InChI=1S/C15H19FN2O2/c1-10-9-17(13-7-3-2-5-11(10)13)14-8-4-6-12(16)15(14)18(19)20/h4,6,8,10-11,13H,2-3,5,7,9H2,1H3. The molecule has 3 unspecified atom stereocenters. The number of para-hydroxylation sites is 1. The second-order valence-electron chi connectivity index (χ2n) is 6.01. The number of fused-ring (bicyclic) bond motifs is 1. The van der Waals surface area contributed by atoms with Crippen molar-refractivity contribution in [1.29, 1.82) is 0 Å². The Labute approximate surface area is 117 Å². The van der Waals surface area contributed by atoms with Crippen molar-refractivity contribution in [3.05, 3.63) is 34.1 Å². The van der Waals surface area contributed by atoms with Crippen LogP contribution in [0.4, 0.5) is 15.8 Å². The Hall–Kier alpha value is -1.65. The fourth-order valence-corrected chi connectivity index (χ4v) is 3.97. The van der Waals surface area contributed by atoms with Gasteiger partial charge in [-0.15, -0.1) is 0 Å². The van der Waals surface area contributed by atoms with Crippen LogP contribution in [0.25, 0.3) is 0 Å². The van der Waals surface area contributed by atoms with E-state index in [0.717, 1.165) is 19.4 Å². The number of nitro groups is 1. The Kier molecular flexibility index (Phi) is 3.36. The number of nitro benzene ring substituents is 1. The summed E-state index contributed by atoms with van der Waals surface area (Å²) in [7, 11) is 0. The number of nitrogens with zero attached hydrogens (tertiary/aromatic N) is 2. The van der Waals surface area contributed by atoms with Crippen LogP contribution in [0.3, 0.4) is 0 Å². The van der Waals surface area contributed by atoms with E-state index in [2.05, 4.69) is 11.8 Å². The van der Waals surface area contributed by atoms with Gasteiger partial charge in [-0.2, -0.15) is 4.39 Å². The van der Waals surface area contributed by atoms with Gasteiger partial charge in [0.1, 0.15) is 5.69 Å². The highest BCUT2D eigenvalue weighted by molar-refractivity contribution is 5.65. The predicted molar refractivity (Wildman–Crippen MR) is 75.3 cm³/mol. The number of rotatable bonds is 2. The molecule has 0 spiro atoms. The third-order valence-electron chi connectivity index (χ3n) is 4.85. The normalized spacial score (nSPS) is 29.3. The molecule has 0 amide bonds. The molecule has 3 rings (SSSR count). The summed E-state index contributed by atoms with van der Waals surface area (Å²) in [5, 5.41) is 11.2. The van der Waals surface area contributed by atoms with Gasteiger partial charge in [-0.3, -0.25) is 10.1 Å². The number of anilines is 1. The maximum absolute atomic E-state index is 13.8. The molecule has 1 saturated carbocycles. The van der Waals surface area contributed by atoms with Gasteiger partial charge in [0, 0.05) is 12.6 Å². The van der Waals surface area contributed by atoms with Crippen molar-refractivity contribution in [3.63, 3.8) is 0 Å². The fourth-order valence-electron chi connectivity index (χ4n) is 3.97. The van der Waals surface area contributed by atoms with E-state index >= 15 is 0 Å². The van der Waals surface area contributed by atoms with Crippen LogP contribution in [0.5, 0.6) is 0 Å². The lowest BCUT2D eigenvalue weighted by Crippen LogP contribution is -2.35. The maximum Gasteiger partial charge on any atom is 0.327 e. The lowest BCUT2D eigenvalue weighted by molar-refractivity contribution is -0.386. The Morgan fingerprint density at radius 3 is 2.85 bits per heavy atom. The highest BCUT2D eigenvalue weighted by Gasteiger charge is 2.42. The van der Waals surface area contributed by atoms with Crippen LogP contribution in [-0.4, -0.2) is 17.5 Å². The van der Waals surface area contributed by atoms with E-state index < -0.39 is 10.7 Å². The fraction of sp³-hybridized carbons (Fsp3) is 0.600. The average Bonchev–Trinajstić information content (AvgIpc) is 2.76. The third-order valence-corrected chi connectivity index (χ3v) is 4.85. The molecule has 20 heavy (non-hydrogen) atoms. The molecular weight excluding hydrogens is 259 g/mol. The summed E-state index contributed by atoms with van der Waals surface area (Å²) in [6.07, 6.45) is 4.65. The molecule has 1 heterocycles. The van der Waals surface area contributed by atoms with Crippen molar-refractivity contribution in [2.24, 2.45) is 11.8 Å². The van der Waals surface area contributed by atoms with Crippen molar-refractivity contribution in [3.8, 4) is 0 Å². The van der Waals surface area contributed by atoms with Gasteiger partial charge < -0.3 is 4.90 Å². The molecule has 5 heteroatoms. The SMILES string of the molecule is CC1CN(c2cccc(F)c2[N+](=O)[O-])C2CCCCC12. The summed E-state index contributed by atoms with van der Waals surface area (Å²) in [5.74, 6) is 0.370. The van der Waals surface area contributed by atoms with Crippen molar-refractivity contribution < 1.29 is 9.31 Å². The van der Waals surface area contributed by atoms with E-state index in [9.17, 15) is 14.5 Å². The van der Waals surface area contributed by atoms with Crippen LogP contribution in [0.2, 0.25) is 0 Å². The molecule has 4 nitrogen and oxygen atoms in total. The first-order chi connectivity index (χ1) is 9.59. The van der Waals surface area contributed by atoms with Crippen LogP contribution in [0.15, 0.2) is 18.2 Å². The van der Waals surface area contributed by atoms with Crippen LogP contribution < -0.4 is 4.90 Å². The van der Waals surface area contributed by atoms with E-state index in [4.69, 9.17) is 0 Å². The molecule has 1 aromatic carbocycles. The van der Waals surface area contributed by atoms with Crippen molar-refractivity contribution >= 4 is 11.4 Å². The van der Waals surface area contributed by atoms with E-state index in [-0.39, 0.29) is 5.69 Å². The number of hydrogen-bond acceptors (Lipinski definition) is 3. The lowest BCUT2D eigenvalue weighted by atomic mass is 9.80. The topological polar surface area (TPSA) is 46.4 Å². The van der Waals surface area contributed by atoms with Crippen LogP contribution >= 0.6 is 0 Å². The lowest BCUT2D eigenvalue weighted by Gasteiger charge is -2.33. The summed E-state index contributed by atoms with van der Waals surface area (Å²) >= 11 is 0.